The molecule has 3 rings (SSSR count). The van der Waals surface area contributed by atoms with Gasteiger partial charge in [0.15, 0.2) is 0 Å². The van der Waals surface area contributed by atoms with Crippen molar-refractivity contribution in [3.8, 4) is 0 Å². The Morgan fingerprint density at radius 1 is 1.42 bits per heavy atom. The molecular weight excluding hydrogens is 238 g/mol. The third kappa shape index (κ3) is 3.15. The van der Waals surface area contributed by atoms with Crippen molar-refractivity contribution in [2.24, 2.45) is 13.0 Å². The van der Waals surface area contributed by atoms with Gasteiger partial charge in [-0.3, -0.25) is 9.58 Å². The second-order valence-electron chi connectivity index (χ2n) is 6.11. The van der Waals surface area contributed by atoms with Gasteiger partial charge in [-0.1, -0.05) is 18.6 Å². The summed E-state index contributed by atoms with van der Waals surface area (Å²) in [5.74, 6) is 0.909. The van der Waals surface area contributed by atoms with E-state index in [1.807, 2.05) is 13.2 Å². The van der Waals surface area contributed by atoms with Gasteiger partial charge in [-0.25, -0.2) is 0 Å². The van der Waals surface area contributed by atoms with Gasteiger partial charge in [0.25, 0.3) is 0 Å². The topological polar surface area (TPSA) is 46.0 Å². The van der Waals surface area contributed by atoms with E-state index in [-0.39, 0.29) is 0 Å². The van der Waals surface area contributed by atoms with E-state index in [1.165, 1.54) is 25.7 Å². The second-order valence-corrected chi connectivity index (χ2v) is 6.11. The molecule has 1 N–H and O–H groups in total. The number of piperazine rings is 1. The Bertz CT molecular complexity index is 412. The number of hydrogen-bond acceptors (Lipinski definition) is 4. The monoisotopic (exact) mass is 263 g/mol. The zero-order valence-corrected chi connectivity index (χ0v) is 12.0. The van der Waals surface area contributed by atoms with Gasteiger partial charge in [0, 0.05) is 45.0 Å². The molecule has 1 saturated carbocycles. The second kappa shape index (κ2) is 5.59. The van der Waals surface area contributed by atoms with Gasteiger partial charge in [0.1, 0.15) is 0 Å². The highest BCUT2D eigenvalue weighted by molar-refractivity contribution is 4.99. The highest BCUT2D eigenvalue weighted by Gasteiger charge is 2.38. The Hall–Kier alpha value is -0.940. The summed E-state index contributed by atoms with van der Waals surface area (Å²) in [6, 6.07) is 1.35. The normalized spacial score (nSPS) is 28.7. The zero-order valence-electron chi connectivity index (χ0n) is 12.0. The highest BCUT2D eigenvalue weighted by atomic mass is 15.4. The van der Waals surface area contributed by atoms with E-state index < -0.39 is 0 Å². The molecule has 2 atom stereocenters. The molecule has 1 saturated heterocycles. The van der Waals surface area contributed by atoms with Crippen LogP contribution in [-0.4, -0.2) is 45.1 Å². The Morgan fingerprint density at radius 2 is 2.26 bits per heavy atom. The quantitative estimate of drug-likeness (QED) is 0.866. The molecule has 2 aliphatic rings. The minimum absolute atomic E-state index is 0.650. The van der Waals surface area contributed by atoms with Gasteiger partial charge in [-0.2, -0.15) is 0 Å². The van der Waals surface area contributed by atoms with Crippen molar-refractivity contribution in [1.82, 2.24) is 25.2 Å². The first-order valence-corrected chi connectivity index (χ1v) is 7.59. The van der Waals surface area contributed by atoms with E-state index in [9.17, 15) is 0 Å². The molecule has 0 bridgehead atoms. The van der Waals surface area contributed by atoms with Crippen LogP contribution < -0.4 is 5.32 Å². The van der Waals surface area contributed by atoms with Crippen LogP contribution in [0.15, 0.2) is 6.20 Å². The predicted octanol–water partition coefficient (Wildman–Crippen LogP) is 1.17. The summed E-state index contributed by atoms with van der Waals surface area (Å²) in [4.78, 5) is 2.64. The lowest BCUT2D eigenvalue weighted by molar-refractivity contribution is 0.103. The number of nitrogens with zero attached hydrogens (tertiary/aromatic N) is 4. The van der Waals surface area contributed by atoms with Crippen molar-refractivity contribution in [2.45, 2.75) is 51.2 Å². The first-order chi connectivity index (χ1) is 9.26. The number of aryl methyl sites for hydroxylation is 1. The van der Waals surface area contributed by atoms with E-state index in [1.54, 1.807) is 4.68 Å². The van der Waals surface area contributed by atoms with Gasteiger partial charge < -0.3 is 5.32 Å². The van der Waals surface area contributed by atoms with Crippen LogP contribution in [0.3, 0.4) is 0 Å². The van der Waals surface area contributed by atoms with E-state index in [0.29, 0.717) is 12.1 Å². The summed E-state index contributed by atoms with van der Waals surface area (Å²) >= 11 is 0. The maximum Gasteiger partial charge on any atom is 0.0967 e. The average Bonchev–Trinajstić information content (AvgIpc) is 3.14. The smallest absolute Gasteiger partial charge is 0.0967 e. The number of nitrogens with one attached hydrogen (secondary N) is 1. The summed E-state index contributed by atoms with van der Waals surface area (Å²) in [6.07, 6.45) is 7.38. The van der Waals surface area contributed by atoms with Crippen LogP contribution in [0.25, 0.3) is 0 Å². The summed E-state index contributed by atoms with van der Waals surface area (Å²) in [5.41, 5.74) is 1.10. The molecule has 0 amide bonds. The fraction of sp³-hybridized carbons (Fsp3) is 0.857. The van der Waals surface area contributed by atoms with E-state index in [0.717, 1.165) is 31.2 Å². The van der Waals surface area contributed by atoms with Crippen LogP contribution in [0.5, 0.6) is 0 Å². The summed E-state index contributed by atoms with van der Waals surface area (Å²) in [7, 11) is 1.94. The SMILES string of the molecule is CCCC1CN(Cc2cn(C)nn2)C(C2CC2)CN1. The van der Waals surface area contributed by atoms with Crippen LogP contribution in [0, 0.1) is 5.92 Å². The molecule has 1 aliphatic carbocycles. The summed E-state index contributed by atoms with van der Waals surface area (Å²) in [6.45, 7) is 5.53. The van der Waals surface area contributed by atoms with Gasteiger partial charge in [-0.05, 0) is 25.2 Å². The molecule has 19 heavy (non-hydrogen) atoms. The number of aromatic nitrogens is 3. The van der Waals surface area contributed by atoms with Crippen molar-refractivity contribution in [3.63, 3.8) is 0 Å². The molecule has 5 heteroatoms. The minimum atomic E-state index is 0.650. The Morgan fingerprint density at radius 3 is 2.89 bits per heavy atom. The third-order valence-corrected chi connectivity index (χ3v) is 4.36. The van der Waals surface area contributed by atoms with Crippen LogP contribution in [0.2, 0.25) is 0 Å². The van der Waals surface area contributed by atoms with Crippen molar-refractivity contribution >= 4 is 0 Å². The Labute approximate surface area is 115 Å². The number of rotatable bonds is 5. The van der Waals surface area contributed by atoms with Crippen molar-refractivity contribution < 1.29 is 0 Å². The highest BCUT2D eigenvalue weighted by Crippen LogP contribution is 2.36. The molecule has 5 nitrogen and oxygen atoms in total. The van der Waals surface area contributed by atoms with Gasteiger partial charge in [0.05, 0.1) is 5.69 Å². The molecule has 106 valence electrons. The lowest BCUT2D eigenvalue weighted by atomic mass is 10.0. The third-order valence-electron chi connectivity index (χ3n) is 4.36. The van der Waals surface area contributed by atoms with Crippen LogP contribution in [0.4, 0.5) is 0 Å². The van der Waals surface area contributed by atoms with Crippen molar-refractivity contribution in [1.29, 1.82) is 0 Å². The first-order valence-electron chi connectivity index (χ1n) is 7.59. The first kappa shape index (κ1) is 13.1. The fourth-order valence-corrected chi connectivity index (χ4v) is 3.24. The van der Waals surface area contributed by atoms with Crippen LogP contribution in [-0.2, 0) is 13.6 Å². The van der Waals surface area contributed by atoms with Gasteiger partial charge in [0.2, 0.25) is 0 Å². The zero-order chi connectivity index (χ0) is 13.2. The molecule has 0 spiro atoms. The molecule has 0 aromatic carbocycles. The van der Waals surface area contributed by atoms with Crippen molar-refractivity contribution in [2.75, 3.05) is 13.1 Å². The molecule has 2 heterocycles. The lowest BCUT2D eigenvalue weighted by Gasteiger charge is -2.40. The Balaban J connectivity index is 1.66. The lowest BCUT2D eigenvalue weighted by Crippen LogP contribution is -2.56. The predicted molar refractivity (Wildman–Crippen MR) is 74.6 cm³/mol. The van der Waals surface area contributed by atoms with Gasteiger partial charge >= 0.3 is 0 Å². The molecule has 1 aromatic heterocycles. The molecular formula is C14H25N5. The molecule has 1 aliphatic heterocycles. The van der Waals surface area contributed by atoms with E-state index >= 15 is 0 Å². The maximum atomic E-state index is 4.25. The Kier molecular flexibility index (Phi) is 3.84. The molecule has 2 unspecified atom stereocenters. The summed E-state index contributed by atoms with van der Waals surface area (Å²) in [5, 5.41) is 12.0. The number of hydrogen-bond donors (Lipinski definition) is 1. The minimum Gasteiger partial charge on any atom is -0.311 e. The van der Waals surface area contributed by atoms with Gasteiger partial charge in [-0.15, -0.1) is 5.10 Å². The van der Waals surface area contributed by atoms with Crippen molar-refractivity contribution in [3.05, 3.63) is 11.9 Å². The molecule has 0 radical (unpaired) electrons. The maximum absolute atomic E-state index is 4.25. The molecule has 2 fully saturated rings. The average molecular weight is 263 g/mol. The fourth-order valence-electron chi connectivity index (χ4n) is 3.24. The summed E-state index contributed by atoms with van der Waals surface area (Å²) < 4.78 is 1.80. The van der Waals surface area contributed by atoms with Crippen LogP contribution in [0.1, 0.15) is 38.3 Å². The standard InChI is InChI=1S/C14H25N5/c1-3-4-12-9-19(10-13-8-18(2)17-16-13)14(7-15-12)11-5-6-11/h8,11-12,14-15H,3-7,9-10H2,1-2H3. The van der Waals surface area contributed by atoms with E-state index in [4.69, 9.17) is 0 Å². The molecule has 1 aromatic rings. The van der Waals surface area contributed by atoms with E-state index in [2.05, 4.69) is 27.5 Å². The largest absolute Gasteiger partial charge is 0.311 e. The van der Waals surface area contributed by atoms with Crippen LogP contribution >= 0.6 is 0 Å².